The second kappa shape index (κ2) is 14.6. The third-order valence-corrected chi connectivity index (χ3v) is 10.2. The Morgan fingerprint density at radius 1 is 1.00 bits per heavy atom. The zero-order valence-corrected chi connectivity index (χ0v) is 26.4. The highest BCUT2D eigenvalue weighted by molar-refractivity contribution is 6.31. The van der Waals surface area contributed by atoms with Gasteiger partial charge in [0.25, 0.3) is 0 Å². The summed E-state index contributed by atoms with van der Waals surface area (Å²) in [4.78, 5) is 12.3. The summed E-state index contributed by atoms with van der Waals surface area (Å²) in [5, 5.41) is 8.15. The predicted octanol–water partition coefficient (Wildman–Crippen LogP) is 10.9. The topological polar surface area (TPSA) is 50.4 Å². The first-order chi connectivity index (χ1) is 20.8. The van der Waals surface area contributed by atoms with Gasteiger partial charge in [-0.3, -0.25) is 4.79 Å². The molecule has 5 rings (SSSR count). The molecule has 2 aliphatic carbocycles. The largest absolute Gasteiger partial charge is 0.491 e. The van der Waals surface area contributed by atoms with E-state index in [0.29, 0.717) is 23.7 Å². The summed E-state index contributed by atoms with van der Waals surface area (Å²) in [5.41, 5.74) is 2.07. The van der Waals surface area contributed by atoms with Crippen LogP contribution in [0, 0.1) is 35.4 Å². The number of carbonyl (C=O) groups excluding carboxylic acids is 1. The maximum absolute atomic E-state index is 13.7. The number of benzene rings is 3. The van der Waals surface area contributed by atoms with Gasteiger partial charge in [-0.2, -0.15) is 0 Å². The number of rotatable bonds is 11. The second-order valence-corrected chi connectivity index (χ2v) is 13.4. The van der Waals surface area contributed by atoms with Crippen molar-refractivity contribution in [2.45, 2.75) is 78.1 Å². The summed E-state index contributed by atoms with van der Waals surface area (Å²) in [6.07, 6.45) is 14.7. The average molecular weight is 605 g/mol. The highest BCUT2D eigenvalue weighted by atomic mass is 35.5. The van der Waals surface area contributed by atoms with E-state index in [2.05, 4.69) is 31.1 Å². The molecule has 0 bridgehead atoms. The second-order valence-electron chi connectivity index (χ2n) is 13.0. The molecule has 3 aromatic carbocycles. The normalized spacial score (nSPS) is 22.3. The first-order valence-corrected chi connectivity index (χ1v) is 16.5. The van der Waals surface area contributed by atoms with Crippen molar-refractivity contribution < 1.29 is 13.9 Å². The van der Waals surface area contributed by atoms with Crippen molar-refractivity contribution >= 4 is 45.3 Å². The number of nitrogens with one attached hydrogen (secondary N) is 2. The maximum atomic E-state index is 13.7. The van der Waals surface area contributed by atoms with E-state index in [1.165, 1.54) is 69.9 Å². The number of amides is 1. The van der Waals surface area contributed by atoms with Gasteiger partial charge in [0.1, 0.15) is 11.6 Å². The van der Waals surface area contributed by atoms with Gasteiger partial charge in [0.05, 0.1) is 17.3 Å². The minimum atomic E-state index is -0.465. The van der Waals surface area contributed by atoms with Crippen LogP contribution in [0.2, 0.25) is 5.02 Å². The van der Waals surface area contributed by atoms with Crippen molar-refractivity contribution in [2.24, 2.45) is 29.6 Å². The van der Waals surface area contributed by atoms with E-state index in [1.54, 1.807) is 12.1 Å². The number of ether oxygens (including phenoxy) is 1. The molecule has 2 saturated carbocycles. The maximum Gasteiger partial charge on any atom is 0.247 e. The lowest BCUT2D eigenvalue weighted by Crippen LogP contribution is -2.27. The van der Waals surface area contributed by atoms with Crippen molar-refractivity contribution in [1.82, 2.24) is 0 Å². The molecule has 2 N–H and O–H groups in total. The third-order valence-electron chi connectivity index (χ3n) is 9.95. The van der Waals surface area contributed by atoms with Gasteiger partial charge in [-0.25, -0.2) is 4.39 Å². The first kappa shape index (κ1) is 31.4. The molecular formula is C37H46ClFN2O2. The van der Waals surface area contributed by atoms with Crippen molar-refractivity contribution in [3.8, 4) is 5.75 Å². The van der Waals surface area contributed by atoms with Crippen LogP contribution in [0.25, 0.3) is 10.8 Å². The molecule has 1 amide bonds. The molecule has 0 unspecified atom stereocenters. The molecule has 230 valence electrons. The Balaban J connectivity index is 1.18. The number of carbonyl (C=O) groups is 1. The fraction of sp³-hybridized carbons (Fsp3) is 0.486. The predicted molar refractivity (Wildman–Crippen MR) is 178 cm³/mol. The van der Waals surface area contributed by atoms with Gasteiger partial charge < -0.3 is 15.4 Å². The molecule has 43 heavy (non-hydrogen) atoms. The molecule has 0 aromatic heterocycles. The number of anilines is 3. The fourth-order valence-electron chi connectivity index (χ4n) is 7.33. The lowest BCUT2D eigenvalue weighted by atomic mass is 9.67. The fourth-order valence-corrected chi connectivity index (χ4v) is 7.51. The number of hydrogen-bond donors (Lipinski definition) is 2. The van der Waals surface area contributed by atoms with Crippen LogP contribution < -0.4 is 15.4 Å². The molecule has 2 fully saturated rings. The summed E-state index contributed by atoms with van der Waals surface area (Å²) < 4.78 is 20.0. The number of hydrogen-bond acceptors (Lipinski definition) is 3. The molecule has 3 aromatic rings. The molecule has 0 radical (unpaired) electrons. The van der Waals surface area contributed by atoms with Crippen LogP contribution >= 0.6 is 11.6 Å². The summed E-state index contributed by atoms with van der Waals surface area (Å²) in [6, 6.07) is 14.3. The van der Waals surface area contributed by atoms with Gasteiger partial charge in [0.15, 0.2) is 0 Å². The molecule has 0 saturated heterocycles. The Morgan fingerprint density at radius 3 is 2.40 bits per heavy atom. The molecule has 4 nitrogen and oxygen atoms in total. The number of halogens is 2. The van der Waals surface area contributed by atoms with E-state index in [4.69, 9.17) is 16.3 Å². The van der Waals surface area contributed by atoms with Crippen molar-refractivity contribution in [3.63, 3.8) is 0 Å². The quantitative estimate of drug-likeness (QED) is 0.169. The van der Waals surface area contributed by atoms with E-state index in [1.807, 2.05) is 30.3 Å². The van der Waals surface area contributed by atoms with Crippen LogP contribution in [0.3, 0.4) is 0 Å². The van der Waals surface area contributed by atoms with Crippen LogP contribution in [0.5, 0.6) is 5.75 Å². The average Bonchev–Trinajstić information content (AvgIpc) is 3.01. The van der Waals surface area contributed by atoms with Gasteiger partial charge in [0, 0.05) is 16.8 Å². The van der Waals surface area contributed by atoms with E-state index in [9.17, 15) is 9.18 Å². The third kappa shape index (κ3) is 8.12. The van der Waals surface area contributed by atoms with Crippen molar-refractivity contribution in [3.05, 3.63) is 72.0 Å². The molecule has 0 spiro atoms. The lowest BCUT2D eigenvalue weighted by molar-refractivity contribution is -0.111. The van der Waals surface area contributed by atoms with Gasteiger partial charge in [-0.15, -0.1) is 0 Å². The van der Waals surface area contributed by atoms with E-state index in [0.717, 1.165) is 52.5 Å². The minimum absolute atomic E-state index is 0.0527. The van der Waals surface area contributed by atoms with Crippen LogP contribution in [0.15, 0.2) is 61.2 Å². The molecule has 0 aliphatic heterocycles. The Labute approximate surface area is 261 Å². The van der Waals surface area contributed by atoms with Crippen LogP contribution in [0.4, 0.5) is 21.5 Å². The van der Waals surface area contributed by atoms with Crippen molar-refractivity contribution in [1.29, 1.82) is 0 Å². The summed E-state index contributed by atoms with van der Waals surface area (Å²) in [7, 11) is 0. The SMILES string of the molecule is C=CC(=O)Nc1cc2c(Nc3ccc(F)c(Cl)c3)cccc2cc1OCCCC1CCC(C2CCC(C(C)C)CC2)CC1. The van der Waals surface area contributed by atoms with Crippen LogP contribution in [-0.4, -0.2) is 12.5 Å². The van der Waals surface area contributed by atoms with Gasteiger partial charge in [0.2, 0.25) is 5.91 Å². The smallest absolute Gasteiger partial charge is 0.247 e. The highest BCUT2D eigenvalue weighted by Crippen LogP contribution is 2.43. The van der Waals surface area contributed by atoms with Gasteiger partial charge in [-0.05, 0) is 129 Å². The zero-order chi connectivity index (χ0) is 30.3. The summed E-state index contributed by atoms with van der Waals surface area (Å²) in [5.74, 6) is 4.35. The summed E-state index contributed by atoms with van der Waals surface area (Å²) >= 11 is 5.99. The van der Waals surface area contributed by atoms with Crippen LogP contribution in [0.1, 0.15) is 78.1 Å². The Hall–Kier alpha value is -3.05. The van der Waals surface area contributed by atoms with E-state index >= 15 is 0 Å². The molecule has 0 atom stereocenters. The van der Waals surface area contributed by atoms with E-state index < -0.39 is 5.82 Å². The molecule has 2 aliphatic rings. The highest BCUT2D eigenvalue weighted by Gasteiger charge is 2.31. The van der Waals surface area contributed by atoms with Crippen molar-refractivity contribution in [2.75, 3.05) is 17.2 Å². The standard InChI is InChI=1S/C37H46ClFN2O2/c1-4-37(42)41-35-23-31-29(8-5-9-34(31)40-30-18-19-33(39)32(38)22-30)21-36(35)43-20-6-7-25-10-12-27(13-11-25)28-16-14-26(15-17-28)24(2)3/h4-5,8-9,18-19,21-28,40H,1,6-7,10-17,20H2,2-3H3,(H,41,42). The van der Waals surface area contributed by atoms with Crippen LogP contribution in [-0.2, 0) is 4.79 Å². The Kier molecular flexibility index (Phi) is 10.7. The Bertz CT molecular complexity index is 1410. The monoisotopic (exact) mass is 604 g/mol. The zero-order valence-electron chi connectivity index (χ0n) is 25.6. The molecule has 6 heteroatoms. The van der Waals surface area contributed by atoms with E-state index in [-0.39, 0.29) is 10.9 Å². The minimum Gasteiger partial charge on any atom is -0.491 e. The van der Waals surface area contributed by atoms with Gasteiger partial charge in [-0.1, -0.05) is 57.0 Å². The number of fused-ring (bicyclic) bond motifs is 1. The Morgan fingerprint density at radius 2 is 1.72 bits per heavy atom. The molecular weight excluding hydrogens is 559 g/mol. The lowest BCUT2D eigenvalue weighted by Gasteiger charge is -2.38. The molecule has 0 heterocycles. The summed E-state index contributed by atoms with van der Waals surface area (Å²) in [6.45, 7) is 8.98. The van der Waals surface area contributed by atoms with Gasteiger partial charge >= 0.3 is 0 Å². The first-order valence-electron chi connectivity index (χ1n) is 16.2.